The van der Waals surface area contributed by atoms with Crippen LogP contribution in [0.5, 0.6) is 5.75 Å². The van der Waals surface area contributed by atoms with E-state index in [1.54, 1.807) is 7.11 Å². The van der Waals surface area contributed by atoms with Crippen molar-refractivity contribution in [3.05, 3.63) is 28.2 Å². The van der Waals surface area contributed by atoms with E-state index in [-0.39, 0.29) is 0 Å². The number of halogens is 1. The molecule has 2 rings (SSSR count). The van der Waals surface area contributed by atoms with Crippen molar-refractivity contribution in [2.45, 2.75) is 38.9 Å². The van der Waals surface area contributed by atoms with Crippen molar-refractivity contribution in [2.75, 3.05) is 20.2 Å². The molecule has 1 heterocycles. The highest BCUT2D eigenvalue weighted by Gasteiger charge is 2.20. The van der Waals surface area contributed by atoms with E-state index in [2.05, 4.69) is 52.1 Å². The summed E-state index contributed by atoms with van der Waals surface area (Å²) < 4.78 is 6.31. The largest absolute Gasteiger partial charge is 0.496 e. The lowest BCUT2D eigenvalue weighted by Gasteiger charge is -2.28. The molecule has 1 saturated heterocycles. The molecule has 4 heteroatoms. The van der Waals surface area contributed by atoms with Crippen LogP contribution in [0.4, 0.5) is 0 Å². The summed E-state index contributed by atoms with van der Waals surface area (Å²) in [5, 5.41) is 3.55. The van der Waals surface area contributed by atoms with Gasteiger partial charge in [-0.3, -0.25) is 4.90 Å². The molecule has 1 aliphatic heterocycles. The second-order valence-corrected chi connectivity index (χ2v) is 6.25. The second kappa shape index (κ2) is 6.73. The zero-order valence-electron chi connectivity index (χ0n) is 11.9. The van der Waals surface area contributed by atoms with E-state index < -0.39 is 0 Å². The van der Waals surface area contributed by atoms with Crippen LogP contribution in [-0.4, -0.2) is 37.2 Å². The summed E-state index contributed by atoms with van der Waals surface area (Å²) in [4.78, 5) is 2.55. The van der Waals surface area contributed by atoms with Gasteiger partial charge in [0.2, 0.25) is 0 Å². The number of nitrogens with zero attached hydrogens (tertiary/aromatic N) is 1. The number of hydrogen-bond donors (Lipinski definition) is 1. The van der Waals surface area contributed by atoms with Crippen molar-refractivity contribution in [3.63, 3.8) is 0 Å². The molecule has 0 saturated carbocycles. The van der Waals surface area contributed by atoms with Gasteiger partial charge in [0, 0.05) is 25.2 Å². The molecule has 106 valence electrons. The summed E-state index contributed by atoms with van der Waals surface area (Å²) in [6.45, 7) is 7.79. The predicted molar refractivity (Wildman–Crippen MR) is 82.6 cm³/mol. The van der Waals surface area contributed by atoms with Gasteiger partial charge in [-0.05, 0) is 60.4 Å². The van der Waals surface area contributed by atoms with Gasteiger partial charge in [-0.1, -0.05) is 6.07 Å². The molecular formula is C15H23BrN2O. The summed E-state index contributed by atoms with van der Waals surface area (Å²) in [5.74, 6) is 0.891. The first-order valence-electron chi connectivity index (χ1n) is 6.90. The zero-order valence-corrected chi connectivity index (χ0v) is 13.5. The Morgan fingerprint density at radius 1 is 1.42 bits per heavy atom. The molecule has 1 N–H and O–H groups in total. The predicted octanol–water partition coefficient (Wildman–Crippen LogP) is 3.03. The summed E-state index contributed by atoms with van der Waals surface area (Å²) in [6, 6.07) is 7.53. The van der Waals surface area contributed by atoms with Gasteiger partial charge < -0.3 is 10.1 Å². The standard InChI is InChI=1S/C15H23BrN2O/c1-11-9-18(12(2)6-7-17-11)10-13-4-5-15(19-3)14(16)8-13/h4-5,8,11-12,17H,6-7,9-10H2,1-3H3. The third-order valence-corrected chi connectivity index (χ3v) is 4.41. The summed E-state index contributed by atoms with van der Waals surface area (Å²) in [5.41, 5.74) is 1.33. The van der Waals surface area contributed by atoms with E-state index in [1.807, 2.05) is 6.07 Å². The van der Waals surface area contributed by atoms with Gasteiger partial charge in [-0.2, -0.15) is 0 Å². The topological polar surface area (TPSA) is 24.5 Å². The monoisotopic (exact) mass is 326 g/mol. The number of methoxy groups -OCH3 is 1. The molecule has 1 fully saturated rings. The van der Waals surface area contributed by atoms with Crippen LogP contribution in [-0.2, 0) is 6.54 Å². The first kappa shape index (κ1) is 14.8. The summed E-state index contributed by atoms with van der Waals surface area (Å²) >= 11 is 3.56. The van der Waals surface area contributed by atoms with E-state index in [1.165, 1.54) is 12.0 Å². The number of nitrogens with one attached hydrogen (secondary N) is 1. The molecule has 0 spiro atoms. The number of hydrogen-bond acceptors (Lipinski definition) is 3. The van der Waals surface area contributed by atoms with Gasteiger partial charge in [0.1, 0.15) is 5.75 Å². The Hall–Kier alpha value is -0.580. The van der Waals surface area contributed by atoms with Crippen molar-refractivity contribution < 1.29 is 4.74 Å². The Kier molecular flexibility index (Phi) is 5.25. The van der Waals surface area contributed by atoms with Crippen molar-refractivity contribution in [2.24, 2.45) is 0 Å². The third-order valence-electron chi connectivity index (χ3n) is 3.79. The van der Waals surface area contributed by atoms with Gasteiger partial charge in [-0.15, -0.1) is 0 Å². The molecule has 19 heavy (non-hydrogen) atoms. The molecule has 0 bridgehead atoms. The molecular weight excluding hydrogens is 304 g/mol. The minimum atomic E-state index is 0.562. The Morgan fingerprint density at radius 3 is 2.89 bits per heavy atom. The van der Waals surface area contributed by atoms with Crippen LogP contribution in [0.3, 0.4) is 0 Å². The SMILES string of the molecule is COc1ccc(CN2CC(C)NCCC2C)cc1Br. The van der Waals surface area contributed by atoms with Crippen molar-refractivity contribution in [1.82, 2.24) is 10.2 Å². The molecule has 1 aliphatic rings. The first-order valence-corrected chi connectivity index (χ1v) is 7.69. The normalized spacial score (nSPS) is 25.1. The summed E-state index contributed by atoms with van der Waals surface area (Å²) in [6.07, 6.45) is 1.21. The van der Waals surface area contributed by atoms with E-state index >= 15 is 0 Å². The number of rotatable bonds is 3. The smallest absolute Gasteiger partial charge is 0.133 e. The van der Waals surface area contributed by atoms with Crippen molar-refractivity contribution in [1.29, 1.82) is 0 Å². The fraction of sp³-hybridized carbons (Fsp3) is 0.600. The van der Waals surface area contributed by atoms with Crippen LogP contribution in [0, 0.1) is 0 Å². The average Bonchev–Trinajstić information content (AvgIpc) is 2.52. The van der Waals surface area contributed by atoms with Crippen molar-refractivity contribution in [3.8, 4) is 5.75 Å². The highest BCUT2D eigenvalue weighted by atomic mass is 79.9. The van der Waals surface area contributed by atoms with Crippen LogP contribution in [0.2, 0.25) is 0 Å². The molecule has 3 nitrogen and oxygen atoms in total. The third kappa shape index (κ3) is 3.94. The second-order valence-electron chi connectivity index (χ2n) is 5.39. The minimum absolute atomic E-state index is 0.562. The van der Waals surface area contributed by atoms with Crippen molar-refractivity contribution >= 4 is 15.9 Å². The maximum Gasteiger partial charge on any atom is 0.133 e. The molecule has 0 radical (unpaired) electrons. The lowest BCUT2D eigenvalue weighted by molar-refractivity contribution is 0.199. The molecule has 1 aromatic carbocycles. The fourth-order valence-electron chi connectivity index (χ4n) is 2.58. The average molecular weight is 327 g/mol. The Morgan fingerprint density at radius 2 is 2.21 bits per heavy atom. The van der Waals surface area contributed by atoms with Gasteiger partial charge in [0.05, 0.1) is 11.6 Å². The highest BCUT2D eigenvalue weighted by Crippen LogP contribution is 2.26. The van der Waals surface area contributed by atoms with Crippen LogP contribution < -0.4 is 10.1 Å². The minimum Gasteiger partial charge on any atom is -0.496 e. The molecule has 2 unspecified atom stereocenters. The maximum atomic E-state index is 5.28. The Bertz CT molecular complexity index is 425. The molecule has 0 amide bonds. The molecule has 0 aliphatic carbocycles. The Balaban J connectivity index is 2.08. The summed E-state index contributed by atoms with van der Waals surface area (Å²) in [7, 11) is 1.70. The molecule has 0 aromatic heterocycles. The van der Waals surface area contributed by atoms with Gasteiger partial charge in [-0.25, -0.2) is 0 Å². The van der Waals surface area contributed by atoms with E-state index in [0.717, 1.165) is 29.9 Å². The molecule has 2 atom stereocenters. The quantitative estimate of drug-likeness (QED) is 0.924. The maximum absolute atomic E-state index is 5.28. The van der Waals surface area contributed by atoms with Crippen LogP contribution in [0.25, 0.3) is 0 Å². The first-order chi connectivity index (χ1) is 9.10. The van der Waals surface area contributed by atoms with Crippen LogP contribution in [0.15, 0.2) is 22.7 Å². The van der Waals surface area contributed by atoms with Gasteiger partial charge >= 0.3 is 0 Å². The number of ether oxygens (including phenoxy) is 1. The van der Waals surface area contributed by atoms with Crippen LogP contribution >= 0.6 is 15.9 Å². The van der Waals surface area contributed by atoms with E-state index in [0.29, 0.717) is 12.1 Å². The zero-order chi connectivity index (χ0) is 13.8. The van der Waals surface area contributed by atoms with Crippen LogP contribution in [0.1, 0.15) is 25.8 Å². The lowest BCUT2D eigenvalue weighted by Crippen LogP contribution is -2.37. The van der Waals surface area contributed by atoms with E-state index in [9.17, 15) is 0 Å². The number of benzene rings is 1. The highest BCUT2D eigenvalue weighted by molar-refractivity contribution is 9.10. The Labute approximate surface area is 124 Å². The fourth-order valence-corrected chi connectivity index (χ4v) is 3.17. The lowest BCUT2D eigenvalue weighted by atomic mass is 10.1. The van der Waals surface area contributed by atoms with Gasteiger partial charge in [0.25, 0.3) is 0 Å². The van der Waals surface area contributed by atoms with E-state index in [4.69, 9.17) is 4.74 Å². The molecule has 1 aromatic rings. The van der Waals surface area contributed by atoms with Gasteiger partial charge in [0.15, 0.2) is 0 Å².